The molecule has 1 atom stereocenters. The molecule has 0 aromatic heterocycles. The molecule has 0 spiro atoms. The predicted octanol–water partition coefficient (Wildman–Crippen LogP) is 0.800. The lowest BCUT2D eigenvalue weighted by molar-refractivity contribution is -0.114. The Labute approximate surface area is 123 Å². The normalized spacial score (nSPS) is 16.5. The highest BCUT2D eigenvalue weighted by Gasteiger charge is 2.29. The lowest BCUT2D eigenvalue weighted by atomic mass is 10.2. The molecule has 1 aromatic carbocycles. The Hall–Kier alpha value is -1.51. The van der Waals surface area contributed by atoms with E-state index in [1.807, 2.05) is 0 Å². The Morgan fingerprint density at radius 3 is 2.71 bits per heavy atom. The summed E-state index contributed by atoms with van der Waals surface area (Å²) >= 11 is 0. The van der Waals surface area contributed by atoms with Gasteiger partial charge in [0.05, 0.1) is 10.6 Å². The molecule has 0 bridgehead atoms. The van der Waals surface area contributed by atoms with Crippen molar-refractivity contribution in [3.05, 3.63) is 24.0 Å². The van der Waals surface area contributed by atoms with E-state index in [0.717, 1.165) is 31.0 Å². The van der Waals surface area contributed by atoms with Crippen LogP contribution in [0.4, 0.5) is 10.1 Å². The monoisotopic (exact) mass is 315 g/mol. The van der Waals surface area contributed by atoms with Crippen molar-refractivity contribution in [1.82, 2.24) is 4.72 Å². The van der Waals surface area contributed by atoms with E-state index < -0.39 is 21.7 Å². The summed E-state index contributed by atoms with van der Waals surface area (Å²) in [4.78, 5) is 10.8. The fourth-order valence-electron chi connectivity index (χ4n) is 1.94. The number of rotatable bonds is 6. The summed E-state index contributed by atoms with van der Waals surface area (Å²) in [6, 6.07) is 3.02. The van der Waals surface area contributed by atoms with Crippen molar-refractivity contribution < 1.29 is 17.6 Å². The molecule has 1 unspecified atom stereocenters. The molecule has 8 heteroatoms. The third-order valence-corrected chi connectivity index (χ3v) is 4.72. The maximum Gasteiger partial charge on any atom is 0.240 e. The first-order valence-electron chi connectivity index (χ1n) is 6.62. The molecule has 1 aromatic rings. The van der Waals surface area contributed by atoms with Crippen LogP contribution in [-0.4, -0.2) is 26.9 Å². The van der Waals surface area contributed by atoms with E-state index in [1.54, 1.807) is 0 Å². The van der Waals surface area contributed by atoms with Gasteiger partial charge >= 0.3 is 0 Å². The summed E-state index contributed by atoms with van der Waals surface area (Å²) in [5.74, 6) is -0.804. The number of halogens is 1. The SMILES string of the molecule is CC(=O)Nc1cc(S(=O)(=O)NCC(N)C2CC2)ccc1F. The highest BCUT2D eigenvalue weighted by molar-refractivity contribution is 7.89. The smallest absolute Gasteiger partial charge is 0.240 e. The Morgan fingerprint density at radius 2 is 2.14 bits per heavy atom. The molecule has 0 aliphatic heterocycles. The fourth-order valence-corrected chi connectivity index (χ4v) is 3.04. The number of anilines is 1. The number of hydrogen-bond donors (Lipinski definition) is 3. The number of sulfonamides is 1. The van der Waals surface area contributed by atoms with E-state index in [1.165, 1.54) is 6.92 Å². The number of nitrogens with two attached hydrogens (primary N) is 1. The lowest BCUT2D eigenvalue weighted by Crippen LogP contribution is -2.38. The van der Waals surface area contributed by atoms with Gasteiger partial charge in [0.15, 0.2) is 0 Å². The first-order chi connectivity index (χ1) is 9.79. The van der Waals surface area contributed by atoms with Crippen LogP contribution >= 0.6 is 0 Å². The minimum Gasteiger partial charge on any atom is -0.326 e. The van der Waals surface area contributed by atoms with Gasteiger partial charge in [-0.25, -0.2) is 17.5 Å². The number of hydrogen-bond acceptors (Lipinski definition) is 4. The van der Waals surface area contributed by atoms with Crippen molar-refractivity contribution in [3.63, 3.8) is 0 Å². The van der Waals surface area contributed by atoms with Crippen LogP contribution in [0.3, 0.4) is 0 Å². The second-order valence-corrected chi connectivity index (χ2v) is 6.94. The van der Waals surface area contributed by atoms with Gasteiger partial charge in [0, 0.05) is 19.5 Å². The zero-order valence-electron chi connectivity index (χ0n) is 11.6. The van der Waals surface area contributed by atoms with Gasteiger partial charge in [-0.2, -0.15) is 0 Å². The molecule has 2 rings (SSSR count). The summed E-state index contributed by atoms with van der Waals surface area (Å²) in [6.45, 7) is 1.35. The summed E-state index contributed by atoms with van der Waals surface area (Å²) in [7, 11) is -3.78. The third-order valence-electron chi connectivity index (χ3n) is 3.30. The van der Waals surface area contributed by atoms with Gasteiger partial charge in [-0.05, 0) is 37.0 Å². The number of carbonyl (C=O) groups excluding carboxylic acids is 1. The first-order valence-corrected chi connectivity index (χ1v) is 8.10. The van der Waals surface area contributed by atoms with Crippen molar-refractivity contribution in [2.24, 2.45) is 11.7 Å². The van der Waals surface area contributed by atoms with E-state index in [9.17, 15) is 17.6 Å². The minimum absolute atomic E-state index is 0.115. The Balaban J connectivity index is 2.13. The molecule has 0 saturated heterocycles. The van der Waals surface area contributed by atoms with Crippen molar-refractivity contribution in [2.75, 3.05) is 11.9 Å². The van der Waals surface area contributed by atoms with E-state index in [2.05, 4.69) is 10.0 Å². The van der Waals surface area contributed by atoms with E-state index in [4.69, 9.17) is 5.73 Å². The zero-order valence-corrected chi connectivity index (χ0v) is 12.4. The topological polar surface area (TPSA) is 101 Å². The first kappa shape index (κ1) is 15.9. The summed E-state index contributed by atoms with van der Waals surface area (Å²) in [6.07, 6.45) is 2.04. The van der Waals surface area contributed by atoms with Crippen LogP contribution in [0.2, 0.25) is 0 Å². The number of amides is 1. The molecule has 4 N–H and O–H groups in total. The van der Waals surface area contributed by atoms with Gasteiger partial charge in [-0.3, -0.25) is 4.79 Å². The molecule has 1 aliphatic rings. The molecule has 1 amide bonds. The predicted molar refractivity (Wildman–Crippen MR) is 76.6 cm³/mol. The molecule has 1 saturated carbocycles. The van der Waals surface area contributed by atoms with Crippen LogP contribution in [0, 0.1) is 11.7 Å². The van der Waals surface area contributed by atoms with Gasteiger partial charge in [-0.1, -0.05) is 0 Å². The molecular weight excluding hydrogens is 297 g/mol. The maximum atomic E-state index is 13.5. The largest absolute Gasteiger partial charge is 0.326 e. The van der Waals surface area contributed by atoms with Crippen LogP contribution in [0.5, 0.6) is 0 Å². The number of nitrogens with one attached hydrogen (secondary N) is 2. The van der Waals surface area contributed by atoms with Crippen LogP contribution in [0.25, 0.3) is 0 Å². The van der Waals surface area contributed by atoms with E-state index in [0.29, 0.717) is 5.92 Å². The Kier molecular flexibility index (Phi) is 4.60. The van der Waals surface area contributed by atoms with Gasteiger partial charge in [-0.15, -0.1) is 0 Å². The van der Waals surface area contributed by atoms with Gasteiger partial charge < -0.3 is 11.1 Å². The quantitative estimate of drug-likeness (QED) is 0.722. The molecule has 0 radical (unpaired) electrons. The van der Waals surface area contributed by atoms with Crippen LogP contribution < -0.4 is 15.8 Å². The van der Waals surface area contributed by atoms with Gasteiger partial charge in [0.1, 0.15) is 5.82 Å². The zero-order chi connectivity index (χ0) is 15.6. The van der Waals surface area contributed by atoms with Crippen molar-refractivity contribution in [3.8, 4) is 0 Å². The minimum atomic E-state index is -3.78. The summed E-state index contributed by atoms with van der Waals surface area (Å²) in [5.41, 5.74) is 5.67. The van der Waals surface area contributed by atoms with Crippen molar-refractivity contribution in [1.29, 1.82) is 0 Å². The number of benzene rings is 1. The average molecular weight is 315 g/mol. The molecule has 1 fully saturated rings. The second-order valence-electron chi connectivity index (χ2n) is 5.18. The van der Waals surface area contributed by atoms with E-state index >= 15 is 0 Å². The van der Waals surface area contributed by atoms with Crippen molar-refractivity contribution >= 4 is 21.6 Å². The standard InChI is InChI=1S/C13H18FN3O3S/c1-8(18)17-13-6-10(4-5-11(13)14)21(19,20)16-7-12(15)9-2-3-9/h4-6,9,12,16H,2-3,7,15H2,1H3,(H,17,18). The van der Waals surface area contributed by atoms with Crippen LogP contribution in [0.1, 0.15) is 19.8 Å². The molecule has 0 heterocycles. The Bertz CT molecular complexity index is 644. The molecule has 6 nitrogen and oxygen atoms in total. The average Bonchev–Trinajstić information content (AvgIpc) is 3.22. The highest BCUT2D eigenvalue weighted by Crippen LogP contribution is 2.31. The second kappa shape index (κ2) is 6.08. The molecule has 116 valence electrons. The van der Waals surface area contributed by atoms with Gasteiger partial charge in [0.2, 0.25) is 15.9 Å². The summed E-state index contributed by atoms with van der Waals surface area (Å²) in [5, 5.41) is 2.25. The third kappa shape index (κ3) is 4.23. The summed E-state index contributed by atoms with van der Waals surface area (Å²) < 4.78 is 40.2. The highest BCUT2D eigenvalue weighted by atomic mass is 32.2. The Morgan fingerprint density at radius 1 is 1.48 bits per heavy atom. The van der Waals surface area contributed by atoms with Crippen molar-refractivity contribution in [2.45, 2.75) is 30.7 Å². The molecule has 21 heavy (non-hydrogen) atoms. The van der Waals surface area contributed by atoms with Gasteiger partial charge in [0.25, 0.3) is 0 Å². The fraction of sp³-hybridized carbons (Fsp3) is 0.462. The lowest BCUT2D eigenvalue weighted by Gasteiger charge is -2.13. The van der Waals surface area contributed by atoms with Crippen LogP contribution in [-0.2, 0) is 14.8 Å². The maximum absolute atomic E-state index is 13.5. The molecular formula is C13H18FN3O3S. The molecule has 1 aliphatic carbocycles. The van der Waals surface area contributed by atoms with Crippen LogP contribution in [0.15, 0.2) is 23.1 Å². The van der Waals surface area contributed by atoms with E-state index in [-0.39, 0.29) is 23.2 Å². The number of carbonyl (C=O) groups is 1.